The van der Waals surface area contributed by atoms with Gasteiger partial charge in [0.2, 0.25) is 0 Å². The number of nitrogens with zero attached hydrogens (tertiary/aromatic N) is 2. The molecule has 0 aliphatic heterocycles. The van der Waals surface area contributed by atoms with Gasteiger partial charge in [-0.3, -0.25) is 0 Å². The summed E-state index contributed by atoms with van der Waals surface area (Å²) in [5.74, 6) is 0.863. The molecule has 1 heterocycles. The number of carboxylic acids is 1. The van der Waals surface area contributed by atoms with Crippen molar-refractivity contribution in [2.75, 3.05) is 23.9 Å². The van der Waals surface area contributed by atoms with Crippen LogP contribution in [-0.4, -0.2) is 39.8 Å². The maximum atomic E-state index is 11.3. The van der Waals surface area contributed by atoms with Crippen molar-refractivity contribution in [3.8, 4) is 0 Å². The number of carbonyl (C=O) groups is 1. The monoisotopic (exact) mass is 269 g/mol. The molecule has 0 fully saturated rings. The third-order valence-corrected chi connectivity index (χ3v) is 3.64. The molecular formula is C12H19N3O2S. The summed E-state index contributed by atoms with van der Waals surface area (Å²) in [4.78, 5) is 11.3. The van der Waals surface area contributed by atoms with Crippen molar-refractivity contribution in [3.05, 3.63) is 16.8 Å². The van der Waals surface area contributed by atoms with Gasteiger partial charge in [-0.1, -0.05) is 6.92 Å². The van der Waals surface area contributed by atoms with Gasteiger partial charge in [0.05, 0.1) is 5.69 Å². The highest BCUT2D eigenvalue weighted by molar-refractivity contribution is 7.98. The van der Waals surface area contributed by atoms with E-state index in [1.54, 1.807) is 25.6 Å². The molecule has 0 aliphatic carbocycles. The minimum Gasteiger partial charge on any atom is -0.478 e. The molecule has 0 aliphatic rings. The van der Waals surface area contributed by atoms with Crippen molar-refractivity contribution in [3.63, 3.8) is 0 Å². The van der Waals surface area contributed by atoms with Crippen LogP contribution in [0, 0.1) is 19.8 Å². The number of nitrogens with one attached hydrogen (secondary N) is 1. The summed E-state index contributed by atoms with van der Waals surface area (Å²) < 4.78 is 0. The molecule has 1 aromatic heterocycles. The molecule has 18 heavy (non-hydrogen) atoms. The third-order valence-electron chi connectivity index (χ3n) is 2.74. The Morgan fingerprint density at radius 2 is 2.11 bits per heavy atom. The molecule has 1 atom stereocenters. The predicted molar refractivity (Wildman–Crippen MR) is 74.5 cm³/mol. The SMILES string of the molecule is CSCC(C)CNc1nnc(C)c(C)c1C(=O)O. The van der Waals surface area contributed by atoms with Crippen molar-refractivity contribution in [1.29, 1.82) is 0 Å². The van der Waals surface area contributed by atoms with Gasteiger partial charge in [-0.05, 0) is 37.3 Å². The fourth-order valence-electron chi connectivity index (χ4n) is 1.61. The van der Waals surface area contributed by atoms with Crippen LogP contribution in [0.25, 0.3) is 0 Å². The number of aryl methyl sites for hydroxylation is 1. The van der Waals surface area contributed by atoms with Crippen molar-refractivity contribution in [1.82, 2.24) is 10.2 Å². The lowest BCUT2D eigenvalue weighted by Gasteiger charge is -2.14. The van der Waals surface area contributed by atoms with Crippen LogP contribution < -0.4 is 5.32 Å². The van der Waals surface area contributed by atoms with Gasteiger partial charge in [0.25, 0.3) is 0 Å². The molecule has 0 bridgehead atoms. The Morgan fingerprint density at radius 1 is 1.44 bits per heavy atom. The van der Waals surface area contributed by atoms with E-state index in [0.717, 1.165) is 5.75 Å². The van der Waals surface area contributed by atoms with Crippen LogP contribution in [-0.2, 0) is 0 Å². The maximum absolute atomic E-state index is 11.3. The number of hydrogen-bond donors (Lipinski definition) is 2. The number of anilines is 1. The van der Waals surface area contributed by atoms with Crippen molar-refractivity contribution < 1.29 is 9.90 Å². The predicted octanol–water partition coefficient (Wildman–Crippen LogP) is 2.20. The number of thioether (sulfide) groups is 1. The number of carboxylic acid groups (broad SMARTS) is 1. The van der Waals surface area contributed by atoms with E-state index in [0.29, 0.717) is 29.5 Å². The van der Waals surface area contributed by atoms with Gasteiger partial charge in [0.15, 0.2) is 5.82 Å². The van der Waals surface area contributed by atoms with E-state index in [1.807, 2.05) is 0 Å². The molecule has 0 radical (unpaired) electrons. The summed E-state index contributed by atoms with van der Waals surface area (Å²) in [6.45, 7) is 6.32. The second kappa shape index (κ2) is 6.58. The summed E-state index contributed by atoms with van der Waals surface area (Å²) in [6.07, 6.45) is 2.05. The Hall–Kier alpha value is -1.30. The lowest BCUT2D eigenvalue weighted by atomic mass is 10.1. The summed E-state index contributed by atoms with van der Waals surface area (Å²) >= 11 is 1.77. The summed E-state index contributed by atoms with van der Waals surface area (Å²) in [5, 5.41) is 20.2. The lowest BCUT2D eigenvalue weighted by Crippen LogP contribution is -2.18. The first-order chi connectivity index (χ1) is 8.47. The first kappa shape index (κ1) is 14.8. The van der Waals surface area contributed by atoms with Crippen LogP contribution in [0.15, 0.2) is 0 Å². The van der Waals surface area contributed by atoms with Gasteiger partial charge in [0, 0.05) is 6.54 Å². The van der Waals surface area contributed by atoms with Gasteiger partial charge >= 0.3 is 5.97 Å². The third kappa shape index (κ3) is 3.60. The average Bonchev–Trinajstić information content (AvgIpc) is 2.30. The lowest BCUT2D eigenvalue weighted by molar-refractivity contribution is 0.0696. The topological polar surface area (TPSA) is 75.1 Å². The quantitative estimate of drug-likeness (QED) is 0.824. The normalized spacial score (nSPS) is 12.2. The minimum absolute atomic E-state index is 0.221. The van der Waals surface area contributed by atoms with Gasteiger partial charge in [-0.2, -0.15) is 16.9 Å². The van der Waals surface area contributed by atoms with Crippen LogP contribution in [0.4, 0.5) is 5.82 Å². The first-order valence-electron chi connectivity index (χ1n) is 5.77. The molecule has 1 rings (SSSR count). The molecule has 1 unspecified atom stereocenters. The standard InChI is InChI=1S/C12H19N3O2S/c1-7(6-18-4)5-13-11-10(12(16)17)8(2)9(3)14-15-11/h7H,5-6H2,1-4H3,(H,13,15)(H,16,17). The molecule has 5 nitrogen and oxygen atoms in total. The average molecular weight is 269 g/mol. The number of rotatable bonds is 6. The van der Waals surface area contributed by atoms with Gasteiger partial charge in [0.1, 0.15) is 5.56 Å². The molecule has 0 spiro atoms. The number of hydrogen-bond acceptors (Lipinski definition) is 5. The largest absolute Gasteiger partial charge is 0.478 e. The molecule has 2 N–H and O–H groups in total. The highest BCUT2D eigenvalue weighted by Crippen LogP contribution is 2.18. The number of aromatic nitrogens is 2. The zero-order valence-corrected chi connectivity index (χ0v) is 12.0. The van der Waals surface area contributed by atoms with E-state index in [2.05, 4.69) is 28.7 Å². The Morgan fingerprint density at radius 3 is 2.67 bits per heavy atom. The van der Waals surface area contributed by atoms with E-state index in [-0.39, 0.29) is 5.56 Å². The summed E-state index contributed by atoms with van der Waals surface area (Å²) in [5.41, 5.74) is 1.53. The Balaban J connectivity index is 2.89. The van der Waals surface area contributed by atoms with Crippen molar-refractivity contribution >= 4 is 23.5 Å². The van der Waals surface area contributed by atoms with E-state index >= 15 is 0 Å². The molecule has 0 aromatic carbocycles. The molecule has 100 valence electrons. The highest BCUT2D eigenvalue weighted by atomic mass is 32.2. The van der Waals surface area contributed by atoms with Crippen LogP contribution in [0.3, 0.4) is 0 Å². The first-order valence-corrected chi connectivity index (χ1v) is 7.16. The van der Waals surface area contributed by atoms with Gasteiger partial charge in [-0.25, -0.2) is 4.79 Å². The van der Waals surface area contributed by atoms with Crippen LogP contribution in [0.1, 0.15) is 28.5 Å². The van der Waals surface area contributed by atoms with Crippen LogP contribution in [0.2, 0.25) is 0 Å². The second-order valence-corrected chi connectivity index (χ2v) is 5.29. The molecule has 6 heteroatoms. The Bertz CT molecular complexity index is 438. The summed E-state index contributed by atoms with van der Waals surface area (Å²) in [6, 6.07) is 0. The van der Waals surface area contributed by atoms with Crippen LogP contribution in [0.5, 0.6) is 0 Å². The van der Waals surface area contributed by atoms with E-state index in [1.165, 1.54) is 0 Å². The molecule has 0 saturated carbocycles. The zero-order chi connectivity index (χ0) is 13.7. The zero-order valence-electron chi connectivity index (χ0n) is 11.1. The maximum Gasteiger partial charge on any atom is 0.339 e. The minimum atomic E-state index is -0.967. The summed E-state index contributed by atoms with van der Waals surface area (Å²) in [7, 11) is 0. The smallest absolute Gasteiger partial charge is 0.339 e. The Labute approximate surface area is 111 Å². The van der Waals surface area contributed by atoms with Gasteiger partial charge in [-0.15, -0.1) is 5.10 Å². The molecular weight excluding hydrogens is 250 g/mol. The number of aromatic carboxylic acids is 1. The fourth-order valence-corrected chi connectivity index (χ4v) is 2.30. The van der Waals surface area contributed by atoms with E-state index < -0.39 is 5.97 Å². The van der Waals surface area contributed by atoms with E-state index in [4.69, 9.17) is 0 Å². The van der Waals surface area contributed by atoms with Crippen LogP contribution >= 0.6 is 11.8 Å². The van der Waals surface area contributed by atoms with Crippen molar-refractivity contribution in [2.45, 2.75) is 20.8 Å². The molecule has 0 saturated heterocycles. The molecule has 0 amide bonds. The van der Waals surface area contributed by atoms with Gasteiger partial charge < -0.3 is 10.4 Å². The second-order valence-electron chi connectivity index (χ2n) is 4.38. The Kier molecular flexibility index (Phi) is 5.40. The molecule has 1 aromatic rings. The van der Waals surface area contributed by atoms with E-state index in [9.17, 15) is 9.90 Å². The van der Waals surface area contributed by atoms with Crippen molar-refractivity contribution in [2.24, 2.45) is 5.92 Å². The fraction of sp³-hybridized carbons (Fsp3) is 0.583. The highest BCUT2D eigenvalue weighted by Gasteiger charge is 2.17.